The maximum Gasteiger partial charge on any atom is 0.328 e. The van der Waals surface area contributed by atoms with Crippen molar-refractivity contribution in [2.24, 2.45) is 10.2 Å². The standard InChI is InChI=1S/C9H6N8O3/c18-7-4(8(19)15-9(20)14-7)16-17-6-3-5(11-1-10-3)12-2-13-6/h1-2,4H,(H,10,11,12,13)(H2,14,15,18,19,20). The molecule has 0 aliphatic carbocycles. The SMILES string of the molecule is O=C1NC(=O)C(N=Nc2ncnc3nc[nH]c23)C(=O)N1. The molecule has 100 valence electrons. The van der Waals surface area contributed by atoms with Gasteiger partial charge in [0.05, 0.1) is 6.33 Å². The fourth-order valence-electron chi connectivity index (χ4n) is 1.56. The molecule has 0 radical (unpaired) electrons. The molecule has 2 aromatic rings. The first-order chi connectivity index (χ1) is 9.65. The lowest BCUT2D eigenvalue weighted by Gasteiger charge is -2.15. The minimum absolute atomic E-state index is 0.130. The van der Waals surface area contributed by atoms with Crippen molar-refractivity contribution in [1.29, 1.82) is 0 Å². The van der Waals surface area contributed by atoms with Crippen molar-refractivity contribution < 1.29 is 14.4 Å². The third-order valence-corrected chi connectivity index (χ3v) is 2.44. The molecule has 3 rings (SSSR count). The number of aromatic nitrogens is 4. The number of aromatic amines is 1. The number of nitrogens with zero attached hydrogens (tertiary/aromatic N) is 5. The molecule has 0 aromatic carbocycles. The van der Waals surface area contributed by atoms with E-state index in [0.717, 1.165) is 0 Å². The van der Waals surface area contributed by atoms with Gasteiger partial charge in [-0.1, -0.05) is 0 Å². The molecule has 0 unspecified atom stereocenters. The molecule has 1 saturated heterocycles. The van der Waals surface area contributed by atoms with Gasteiger partial charge in [0, 0.05) is 0 Å². The lowest BCUT2D eigenvalue weighted by atomic mass is 10.2. The Morgan fingerprint density at radius 2 is 1.80 bits per heavy atom. The van der Waals surface area contributed by atoms with E-state index in [1.54, 1.807) is 0 Å². The van der Waals surface area contributed by atoms with Gasteiger partial charge in [0.1, 0.15) is 11.8 Å². The van der Waals surface area contributed by atoms with Crippen LogP contribution in [0.1, 0.15) is 0 Å². The second kappa shape index (κ2) is 4.46. The number of amides is 4. The summed E-state index contributed by atoms with van der Waals surface area (Å²) in [5.41, 5.74) is 0.797. The van der Waals surface area contributed by atoms with Crippen LogP contribution in [0.3, 0.4) is 0 Å². The molecule has 1 aliphatic rings. The van der Waals surface area contributed by atoms with Gasteiger partial charge in [-0.3, -0.25) is 20.2 Å². The molecule has 3 heterocycles. The summed E-state index contributed by atoms with van der Waals surface area (Å²) < 4.78 is 0. The molecular formula is C9H6N8O3. The highest BCUT2D eigenvalue weighted by molar-refractivity contribution is 6.18. The van der Waals surface area contributed by atoms with E-state index in [2.05, 4.69) is 30.2 Å². The van der Waals surface area contributed by atoms with Crippen LogP contribution in [0, 0.1) is 0 Å². The highest BCUT2D eigenvalue weighted by Crippen LogP contribution is 2.18. The summed E-state index contributed by atoms with van der Waals surface area (Å²) >= 11 is 0. The average Bonchev–Trinajstić information content (AvgIpc) is 2.86. The second-order valence-electron chi connectivity index (χ2n) is 3.72. The van der Waals surface area contributed by atoms with Crippen molar-refractivity contribution in [3.8, 4) is 0 Å². The molecular weight excluding hydrogens is 268 g/mol. The minimum atomic E-state index is -1.44. The number of barbiturate groups is 1. The first-order valence-corrected chi connectivity index (χ1v) is 5.36. The van der Waals surface area contributed by atoms with Crippen LogP contribution in [0.5, 0.6) is 0 Å². The van der Waals surface area contributed by atoms with Crippen molar-refractivity contribution >= 4 is 34.8 Å². The van der Waals surface area contributed by atoms with Crippen molar-refractivity contribution in [3.05, 3.63) is 12.7 Å². The number of urea groups is 1. The fourth-order valence-corrected chi connectivity index (χ4v) is 1.56. The number of rotatable bonds is 2. The molecule has 0 bridgehead atoms. The van der Waals surface area contributed by atoms with E-state index in [1.165, 1.54) is 12.7 Å². The van der Waals surface area contributed by atoms with Gasteiger partial charge in [-0.05, 0) is 0 Å². The van der Waals surface area contributed by atoms with Crippen LogP contribution in [0.2, 0.25) is 0 Å². The van der Waals surface area contributed by atoms with Crippen molar-refractivity contribution in [3.63, 3.8) is 0 Å². The summed E-state index contributed by atoms with van der Waals surface area (Å²) in [7, 11) is 0. The van der Waals surface area contributed by atoms with E-state index < -0.39 is 23.9 Å². The number of fused-ring (bicyclic) bond motifs is 1. The van der Waals surface area contributed by atoms with E-state index >= 15 is 0 Å². The zero-order valence-corrected chi connectivity index (χ0v) is 9.69. The van der Waals surface area contributed by atoms with Crippen LogP contribution in [0.4, 0.5) is 10.6 Å². The van der Waals surface area contributed by atoms with E-state index in [1.807, 2.05) is 10.6 Å². The van der Waals surface area contributed by atoms with E-state index in [-0.39, 0.29) is 5.82 Å². The molecule has 0 spiro atoms. The fraction of sp³-hybridized carbons (Fsp3) is 0.111. The van der Waals surface area contributed by atoms with Crippen molar-refractivity contribution in [2.75, 3.05) is 0 Å². The Bertz CT molecular complexity index is 730. The summed E-state index contributed by atoms with van der Waals surface area (Å²) in [6.45, 7) is 0. The maximum atomic E-state index is 11.5. The predicted octanol–water partition coefficient (Wildman–Crippen LogP) is -0.829. The van der Waals surface area contributed by atoms with E-state index in [9.17, 15) is 14.4 Å². The van der Waals surface area contributed by atoms with Crippen molar-refractivity contribution in [2.45, 2.75) is 6.04 Å². The Balaban J connectivity index is 1.90. The predicted molar refractivity (Wildman–Crippen MR) is 61.7 cm³/mol. The first-order valence-electron chi connectivity index (χ1n) is 5.36. The van der Waals surface area contributed by atoms with Gasteiger partial charge in [0.15, 0.2) is 5.65 Å². The summed E-state index contributed by atoms with van der Waals surface area (Å²) in [6, 6.07) is -2.33. The van der Waals surface area contributed by atoms with Crippen LogP contribution in [0.15, 0.2) is 22.9 Å². The number of H-pyrrole nitrogens is 1. The number of azo groups is 1. The van der Waals surface area contributed by atoms with Gasteiger partial charge in [-0.25, -0.2) is 19.7 Å². The summed E-state index contributed by atoms with van der Waals surface area (Å²) in [5.74, 6) is -1.57. The minimum Gasteiger partial charge on any atom is -0.340 e. The molecule has 3 N–H and O–H groups in total. The molecule has 1 aliphatic heterocycles. The zero-order valence-electron chi connectivity index (χ0n) is 9.69. The zero-order chi connectivity index (χ0) is 14.1. The summed E-state index contributed by atoms with van der Waals surface area (Å²) in [4.78, 5) is 48.2. The lowest BCUT2D eigenvalue weighted by molar-refractivity contribution is -0.131. The second-order valence-corrected chi connectivity index (χ2v) is 3.72. The number of carbonyl (C=O) groups is 3. The number of imide groups is 2. The molecule has 4 amide bonds. The lowest BCUT2D eigenvalue weighted by Crippen LogP contribution is -2.57. The van der Waals surface area contributed by atoms with Gasteiger partial charge >= 0.3 is 6.03 Å². The molecule has 2 aromatic heterocycles. The van der Waals surface area contributed by atoms with Gasteiger partial charge in [0.2, 0.25) is 11.9 Å². The highest BCUT2D eigenvalue weighted by atomic mass is 16.2. The number of carbonyl (C=O) groups excluding carboxylic acids is 3. The topological polar surface area (TPSA) is 154 Å². The van der Waals surface area contributed by atoms with Crippen LogP contribution < -0.4 is 10.6 Å². The van der Waals surface area contributed by atoms with E-state index in [4.69, 9.17) is 0 Å². The maximum absolute atomic E-state index is 11.5. The normalized spacial score (nSPS) is 16.7. The number of nitrogens with one attached hydrogen (secondary N) is 3. The van der Waals surface area contributed by atoms with Crippen LogP contribution in [-0.4, -0.2) is 43.8 Å². The third-order valence-electron chi connectivity index (χ3n) is 2.44. The first kappa shape index (κ1) is 11.8. The van der Waals surface area contributed by atoms with Crippen LogP contribution >= 0.6 is 0 Å². The van der Waals surface area contributed by atoms with Crippen LogP contribution in [-0.2, 0) is 9.59 Å². The Morgan fingerprint density at radius 3 is 2.55 bits per heavy atom. The van der Waals surface area contributed by atoms with Crippen LogP contribution in [0.25, 0.3) is 11.2 Å². The highest BCUT2D eigenvalue weighted by Gasteiger charge is 2.34. The third kappa shape index (κ3) is 1.96. The molecule has 11 heteroatoms. The Kier molecular flexibility index (Phi) is 2.64. The number of hydrogen-bond donors (Lipinski definition) is 3. The van der Waals surface area contributed by atoms with Gasteiger partial charge in [-0.2, -0.15) is 5.11 Å². The summed E-state index contributed by atoms with van der Waals surface area (Å²) in [5, 5.41) is 11.1. The Hall–Kier alpha value is -3.24. The van der Waals surface area contributed by atoms with Gasteiger partial charge in [-0.15, -0.1) is 5.11 Å². The molecule has 0 saturated carbocycles. The number of imidazole rings is 1. The largest absolute Gasteiger partial charge is 0.340 e. The van der Waals surface area contributed by atoms with Crippen molar-refractivity contribution in [1.82, 2.24) is 30.6 Å². The molecule has 1 fully saturated rings. The Morgan fingerprint density at radius 1 is 1.05 bits per heavy atom. The summed E-state index contributed by atoms with van der Waals surface area (Å²) in [6.07, 6.45) is 2.62. The molecule has 20 heavy (non-hydrogen) atoms. The smallest absolute Gasteiger partial charge is 0.328 e. The van der Waals surface area contributed by atoms with Gasteiger partial charge < -0.3 is 4.98 Å². The average molecular weight is 274 g/mol. The molecule has 11 nitrogen and oxygen atoms in total. The monoisotopic (exact) mass is 274 g/mol. The molecule has 0 atom stereocenters. The quantitative estimate of drug-likeness (QED) is 0.479. The van der Waals surface area contributed by atoms with E-state index in [0.29, 0.717) is 11.2 Å². The number of hydrogen-bond acceptors (Lipinski definition) is 8. The Labute approximate surface area is 109 Å². The van der Waals surface area contributed by atoms with Gasteiger partial charge in [0.25, 0.3) is 11.8 Å².